The summed E-state index contributed by atoms with van der Waals surface area (Å²) in [5.41, 5.74) is -0.272. The number of halogens is 4. The monoisotopic (exact) mass is 298 g/mol. The minimum absolute atomic E-state index is 0.219. The van der Waals surface area contributed by atoms with E-state index in [0.29, 0.717) is 5.56 Å². The van der Waals surface area contributed by atoms with Crippen molar-refractivity contribution < 1.29 is 21.6 Å². The van der Waals surface area contributed by atoms with Crippen molar-refractivity contribution in [3.8, 4) is 0 Å². The predicted molar refractivity (Wildman–Crippen MR) is 63.9 cm³/mol. The third kappa shape index (κ3) is 5.55. The molecule has 0 heterocycles. The summed E-state index contributed by atoms with van der Waals surface area (Å²) in [6.45, 7) is 0. The van der Waals surface area contributed by atoms with E-state index in [0.717, 1.165) is 12.1 Å². The summed E-state index contributed by atoms with van der Waals surface area (Å²) < 4.78 is 58.4. The molecular formula is C11H10ClF3O2S. The van der Waals surface area contributed by atoms with E-state index in [1.807, 2.05) is 0 Å². The fraction of sp³-hybridized carbons (Fsp3) is 0.273. The Morgan fingerprint density at radius 3 is 2.44 bits per heavy atom. The van der Waals surface area contributed by atoms with Crippen molar-refractivity contribution in [2.75, 3.05) is 5.75 Å². The third-order valence-corrected chi connectivity index (χ3v) is 3.04. The molecule has 100 valence electrons. The molecule has 0 aromatic heterocycles. The summed E-state index contributed by atoms with van der Waals surface area (Å²) in [6.07, 6.45) is -1.38. The van der Waals surface area contributed by atoms with Crippen LogP contribution < -0.4 is 0 Å². The Kier molecular flexibility index (Phi) is 4.81. The molecule has 0 aliphatic rings. The Morgan fingerprint density at radius 1 is 1.22 bits per heavy atom. The van der Waals surface area contributed by atoms with Crippen LogP contribution in [0.15, 0.2) is 36.4 Å². The van der Waals surface area contributed by atoms with Gasteiger partial charge in [-0.3, -0.25) is 0 Å². The van der Waals surface area contributed by atoms with Gasteiger partial charge in [0.15, 0.2) is 0 Å². The standard InChI is InChI=1S/C11H10ClF3O2S/c12-18(16,17)7-2-1-4-9-5-3-6-10(8-9)11(13,14)15/h1-3,5-6,8H,4,7H2/b2-1-. The molecule has 0 atom stereocenters. The van der Waals surface area contributed by atoms with Crippen LogP contribution in [0.5, 0.6) is 0 Å². The highest BCUT2D eigenvalue weighted by molar-refractivity contribution is 8.13. The number of rotatable bonds is 4. The van der Waals surface area contributed by atoms with Gasteiger partial charge in [0.1, 0.15) is 0 Å². The van der Waals surface area contributed by atoms with Gasteiger partial charge in [-0.2, -0.15) is 13.2 Å². The van der Waals surface area contributed by atoms with Crippen LogP contribution in [0.25, 0.3) is 0 Å². The van der Waals surface area contributed by atoms with Gasteiger partial charge in [0, 0.05) is 10.7 Å². The normalized spacial score (nSPS) is 13.1. The molecule has 0 aliphatic carbocycles. The van der Waals surface area contributed by atoms with Gasteiger partial charge in [-0.15, -0.1) is 0 Å². The van der Waals surface area contributed by atoms with Crippen LogP contribution in [0.3, 0.4) is 0 Å². The van der Waals surface area contributed by atoms with Crippen molar-refractivity contribution in [1.29, 1.82) is 0 Å². The maximum atomic E-state index is 12.4. The smallest absolute Gasteiger partial charge is 0.212 e. The van der Waals surface area contributed by atoms with Crippen molar-refractivity contribution in [3.63, 3.8) is 0 Å². The molecule has 0 saturated heterocycles. The summed E-state index contributed by atoms with van der Waals surface area (Å²) >= 11 is 0. The summed E-state index contributed by atoms with van der Waals surface area (Å²) in [6, 6.07) is 4.86. The molecule has 0 N–H and O–H groups in total. The van der Waals surface area contributed by atoms with E-state index in [1.54, 1.807) is 0 Å². The molecule has 1 aromatic carbocycles. The maximum Gasteiger partial charge on any atom is 0.416 e. The molecule has 0 spiro atoms. The second-order valence-corrected chi connectivity index (χ2v) is 6.40. The first-order chi connectivity index (χ1) is 8.18. The first-order valence-corrected chi connectivity index (χ1v) is 7.40. The van der Waals surface area contributed by atoms with Crippen LogP contribution in [0.1, 0.15) is 11.1 Å². The first kappa shape index (κ1) is 15.0. The number of hydrogen-bond acceptors (Lipinski definition) is 2. The lowest BCUT2D eigenvalue weighted by Crippen LogP contribution is -2.05. The highest BCUT2D eigenvalue weighted by atomic mass is 35.7. The quantitative estimate of drug-likeness (QED) is 0.631. The fourth-order valence-corrected chi connectivity index (χ4v) is 1.86. The SMILES string of the molecule is O=S(=O)(Cl)C/C=C\Cc1cccc(C(F)(F)F)c1. The van der Waals surface area contributed by atoms with Gasteiger partial charge in [-0.25, -0.2) is 8.42 Å². The lowest BCUT2D eigenvalue weighted by Gasteiger charge is -2.07. The Morgan fingerprint density at radius 2 is 1.89 bits per heavy atom. The highest BCUT2D eigenvalue weighted by Gasteiger charge is 2.30. The van der Waals surface area contributed by atoms with Gasteiger partial charge in [-0.1, -0.05) is 30.4 Å². The highest BCUT2D eigenvalue weighted by Crippen LogP contribution is 2.29. The molecule has 0 aliphatic heterocycles. The Hall–Kier alpha value is -1.01. The van der Waals surface area contributed by atoms with E-state index in [4.69, 9.17) is 10.7 Å². The number of allylic oxidation sites excluding steroid dienone is 1. The number of alkyl halides is 3. The number of hydrogen-bond donors (Lipinski definition) is 0. The van der Waals surface area contributed by atoms with E-state index >= 15 is 0 Å². The third-order valence-electron chi connectivity index (χ3n) is 2.07. The van der Waals surface area contributed by atoms with Crippen molar-refractivity contribution >= 4 is 19.7 Å². The first-order valence-electron chi connectivity index (χ1n) is 4.92. The van der Waals surface area contributed by atoms with Gasteiger partial charge in [0.25, 0.3) is 0 Å². The molecule has 0 fully saturated rings. The van der Waals surface area contributed by atoms with E-state index in [1.165, 1.54) is 24.3 Å². The van der Waals surface area contributed by atoms with E-state index in [-0.39, 0.29) is 12.2 Å². The largest absolute Gasteiger partial charge is 0.416 e. The van der Waals surface area contributed by atoms with Crippen LogP contribution >= 0.6 is 10.7 Å². The van der Waals surface area contributed by atoms with Gasteiger partial charge < -0.3 is 0 Å². The molecule has 7 heteroatoms. The average molecular weight is 299 g/mol. The molecule has 1 rings (SSSR count). The van der Waals surface area contributed by atoms with Gasteiger partial charge in [0.2, 0.25) is 9.05 Å². The summed E-state index contributed by atoms with van der Waals surface area (Å²) in [5.74, 6) is -0.340. The topological polar surface area (TPSA) is 34.1 Å². The van der Waals surface area contributed by atoms with Crippen molar-refractivity contribution in [3.05, 3.63) is 47.5 Å². The van der Waals surface area contributed by atoms with Crippen LogP contribution in [-0.4, -0.2) is 14.2 Å². The predicted octanol–water partition coefficient (Wildman–Crippen LogP) is 3.37. The summed E-state index contributed by atoms with van der Waals surface area (Å²) in [5, 5.41) is 0. The van der Waals surface area contributed by atoms with Gasteiger partial charge in [0.05, 0.1) is 11.3 Å². The summed E-state index contributed by atoms with van der Waals surface area (Å²) in [4.78, 5) is 0. The van der Waals surface area contributed by atoms with Crippen molar-refractivity contribution in [2.45, 2.75) is 12.6 Å². The lowest BCUT2D eigenvalue weighted by molar-refractivity contribution is -0.137. The summed E-state index contributed by atoms with van der Waals surface area (Å²) in [7, 11) is 1.37. The Bertz CT molecular complexity index is 535. The lowest BCUT2D eigenvalue weighted by atomic mass is 10.1. The van der Waals surface area contributed by atoms with E-state index in [9.17, 15) is 21.6 Å². The average Bonchev–Trinajstić information content (AvgIpc) is 2.22. The van der Waals surface area contributed by atoms with Crippen LogP contribution in [-0.2, 0) is 21.6 Å². The van der Waals surface area contributed by atoms with E-state index < -0.39 is 20.8 Å². The second kappa shape index (κ2) is 5.75. The zero-order valence-electron chi connectivity index (χ0n) is 9.11. The van der Waals surface area contributed by atoms with Gasteiger partial charge in [-0.05, 0) is 18.1 Å². The molecule has 0 bridgehead atoms. The Balaban J connectivity index is 2.69. The molecule has 2 nitrogen and oxygen atoms in total. The minimum Gasteiger partial charge on any atom is -0.212 e. The van der Waals surface area contributed by atoms with E-state index in [2.05, 4.69) is 0 Å². The molecule has 0 amide bonds. The Labute approximate surface area is 107 Å². The molecule has 1 aromatic rings. The molecule has 0 radical (unpaired) electrons. The van der Waals surface area contributed by atoms with Crippen LogP contribution in [0, 0.1) is 0 Å². The molecular weight excluding hydrogens is 289 g/mol. The molecule has 0 unspecified atom stereocenters. The van der Waals surface area contributed by atoms with Crippen LogP contribution in [0.2, 0.25) is 0 Å². The zero-order valence-corrected chi connectivity index (χ0v) is 10.7. The zero-order chi connectivity index (χ0) is 13.8. The fourth-order valence-electron chi connectivity index (χ4n) is 1.28. The van der Waals surface area contributed by atoms with Crippen molar-refractivity contribution in [2.24, 2.45) is 0 Å². The molecule has 0 saturated carbocycles. The van der Waals surface area contributed by atoms with Gasteiger partial charge >= 0.3 is 6.18 Å². The minimum atomic E-state index is -4.38. The van der Waals surface area contributed by atoms with Crippen LogP contribution in [0.4, 0.5) is 13.2 Å². The molecule has 18 heavy (non-hydrogen) atoms. The number of benzene rings is 1. The van der Waals surface area contributed by atoms with Crippen molar-refractivity contribution in [1.82, 2.24) is 0 Å². The maximum absolute atomic E-state index is 12.4. The second-order valence-electron chi connectivity index (χ2n) is 3.58.